The van der Waals surface area contributed by atoms with Crippen LogP contribution >= 0.6 is 11.6 Å². The number of ether oxygens (including phenoxy) is 1. The van der Waals surface area contributed by atoms with Crippen LogP contribution in [0.1, 0.15) is 62.6 Å². The number of carbonyl (C=O) groups is 1. The molecular weight excluding hydrogens is 583 g/mol. The van der Waals surface area contributed by atoms with Crippen molar-refractivity contribution >= 4 is 27.3 Å². The standard InChI is InChI=1S/C25H32ClF5N4O4S/c1-5-35-21(17-13-32-15(10-18(17)39-23(27)28)11-24(2,3)25(29,30)31)19(26)20(34-35)22(36)33-12-14-6-8-16(9-7-14)40(4,37)38/h10,13-14,16,23H,5-9,11-12H2,1-4H3,(H,33,36)/t14-,16-. The highest BCUT2D eigenvalue weighted by Gasteiger charge is 2.47. The van der Waals surface area contributed by atoms with Crippen LogP contribution < -0.4 is 10.1 Å². The van der Waals surface area contributed by atoms with Gasteiger partial charge < -0.3 is 10.1 Å². The summed E-state index contributed by atoms with van der Waals surface area (Å²) in [4.78, 5) is 17.0. The zero-order valence-electron chi connectivity index (χ0n) is 22.5. The number of aromatic nitrogens is 3. The minimum Gasteiger partial charge on any atom is -0.434 e. The highest BCUT2D eigenvalue weighted by molar-refractivity contribution is 7.91. The molecule has 0 bridgehead atoms. The van der Waals surface area contributed by atoms with Crippen LogP contribution in [0.5, 0.6) is 5.75 Å². The molecule has 0 radical (unpaired) electrons. The summed E-state index contributed by atoms with van der Waals surface area (Å²) in [5.74, 6) is -1.00. The van der Waals surface area contributed by atoms with Gasteiger partial charge in [-0.2, -0.15) is 27.1 Å². The number of rotatable bonds is 10. The van der Waals surface area contributed by atoms with Gasteiger partial charge in [-0.05, 0) is 38.5 Å². The fourth-order valence-corrected chi connectivity index (χ4v) is 6.11. The summed E-state index contributed by atoms with van der Waals surface area (Å²) < 4.78 is 96.2. The summed E-state index contributed by atoms with van der Waals surface area (Å²) in [7, 11) is -3.12. The minimum absolute atomic E-state index is 0.0489. The van der Waals surface area contributed by atoms with Crippen molar-refractivity contribution < 1.29 is 39.9 Å². The Kier molecular flexibility index (Phi) is 9.75. The number of amides is 1. The highest BCUT2D eigenvalue weighted by Crippen LogP contribution is 2.42. The number of sulfone groups is 1. The molecule has 1 fully saturated rings. The number of aryl methyl sites for hydroxylation is 1. The second-order valence-electron chi connectivity index (χ2n) is 10.6. The topological polar surface area (TPSA) is 103 Å². The Morgan fingerprint density at radius 1 is 1.23 bits per heavy atom. The number of nitrogens with zero attached hydrogens (tertiary/aromatic N) is 3. The van der Waals surface area contributed by atoms with Gasteiger partial charge in [0.1, 0.15) is 15.6 Å². The van der Waals surface area contributed by atoms with Gasteiger partial charge in [0, 0.05) is 43.7 Å². The number of halogens is 6. The van der Waals surface area contributed by atoms with Crippen molar-refractivity contribution in [3.63, 3.8) is 0 Å². The molecule has 2 aromatic heterocycles. The van der Waals surface area contributed by atoms with Gasteiger partial charge >= 0.3 is 12.8 Å². The van der Waals surface area contributed by atoms with Crippen molar-refractivity contribution in [2.75, 3.05) is 12.8 Å². The maximum absolute atomic E-state index is 13.4. The van der Waals surface area contributed by atoms with Crippen LogP contribution in [0, 0.1) is 11.3 Å². The van der Waals surface area contributed by atoms with E-state index in [1.807, 2.05) is 0 Å². The van der Waals surface area contributed by atoms with Crippen molar-refractivity contribution in [2.24, 2.45) is 11.3 Å². The lowest BCUT2D eigenvalue weighted by molar-refractivity contribution is -0.211. The molecule has 0 aliphatic heterocycles. The van der Waals surface area contributed by atoms with Crippen LogP contribution in [0.3, 0.4) is 0 Å². The SMILES string of the molecule is CCn1nc(C(=O)NC[C@H]2CC[C@H](S(C)(=O)=O)CC2)c(Cl)c1-c1cnc(CC(C)(C)C(F)(F)F)cc1OC(F)F. The maximum atomic E-state index is 13.4. The lowest BCUT2D eigenvalue weighted by Crippen LogP contribution is -2.34. The normalized spacial score (nSPS) is 18.7. The van der Waals surface area contributed by atoms with Crippen LogP contribution in [-0.4, -0.2) is 59.9 Å². The summed E-state index contributed by atoms with van der Waals surface area (Å²) in [6, 6.07) is 1.00. The lowest BCUT2D eigenvalue weighted by Gasteiger charge is -2.27. The molecule has 1 aliphatic carbocycles. The molecule has 0 saturated heterocycles. The van der Waals surface area contributed by atoms with Crippen molar-refractivity contribution in [3.05, 3.63) is 28.7 Å². The van der Waals surface area contributed by atoms with Crippen LogP contribution in [0.25, 0.3) is 11.3 Å². The number of nitrogens with one attached hydrogen (secondary N) is 1. The van der Waals surface area contributed by atoms with Crippen LogP contribution in [0.15, 0.2) is 12.3 Å². The molecule has 1 N–H and O–H groups in total. The summed E-state index contributed by atoms with van der Waals surface area (Å²) in [5, 5.41) is 6.42. The quantitative estimate of drug-likeness (QED) is 0.345. The third kappa shape index (κ3) is 7.42. The predicted octanol–water partition coefficient (Wildman–Crippen LogP) is 5.68. The molecule has 40 heavy (non-hydrogen) atoms. The number of alkyl halides is 5. The van der Waals surface area contributed by atoms with E-state index >= 15 is 0 Å². The Hall–Kier alpha value is -2.48. The largest absolute Gasteiger partial charge is 0.434 e. The molecule has 224 valence electrons. The molecule has 0 aromatic carbocycles. The summed E-state index contributed by atoms with van der Waals surface area (Å²) in [6.07, 6.45) is -0.594. The Morgan fingerprint density at radius 3 is 2.38 bits per heavy atom. The fraction of sp³-hybridized carbons (Fsp3) is 0.640. The Balaban J connectivity index is 1.86. The van der Waals surface area contributed by atoms with Crippen molar-refractivity contribution in [3.8, 4) is 17.0 Å². The van der Waals surface area contributed by atoms with Gasteiger partial charge in [0.15, 0.2) is 5.69 Å². The van der Waals surface area contributed by atoms with Crippen LogP contribution in [0.2, 0.25) is 5.02 Å². The number of hydrogen-bond acceptors (Lipinski definition) is 6. The summed E-state index contributed by atoms with van der Waals surface area (Å²) in [5.41, 5.74) is -2.49. The molecule has 0 unspecified atom stereocenters. The van der Waals surface area contributed by atoms with E-state index in [-0.39, 0.29) is 51.9 Å². The lowest BCUT2D eigenvalue weighted by atomic mass is 9.86. The third-order valence-electron chi connectivity index (χ3n) is 7.14. The van der Waals surface area contributed by atoms with E-state index in [1.165, 1.54) is 10.9 Å². The monoisotopic (exact) mass is 614 g/mol. The van der Waals surface area contributed by atoms with Gasteiger partial charge in [0.2, 0.25) is 0 Å². The molecule has 1 saturated carbocycles. The molecule has 1 aliphatic rings. The molecule has 3 rings (SSSR count). The first-order valence-electron chi connectivity index (χ1n) is 12.7. The molecule has 1 amide bonds. The first-order chi connectivity index (χ1) is 18.4. The molecule has 2 aromatic rings. The maximum Gasteiger partial charge on any atom is 0.394 e. The van der Waals surface area contributed by atoms with Gasteiger partial charge in [0.25, 0.3) is 5.91 Å². The Morgan fingerprint density at radius 2 is 1.85 bits per heavy atom. The first-order valence-corrected chi connectivity index (χ1v) is 15.0. The van der Waals surface area contributed by atoms with E-state index in [1.54, 1.807) is 6.92 Å². The summed E-state index contributed by atoms with van der Waals surface area (Å²) in [6.45, 7) is 0.778. The molecule has 0 atom stereocenters. The Bertz CT molecular complexity index is 1320. The molecule has 8 nitrogen and oxygen atoms in total. The molecule has 2 heterocycles. The molecular formula is C25H32ClF5N4O4S. The average Bonchev–Trinajstić information content (AvgIpc) is 3.17. The smallest absolute Gasteiger partial charge is 0.394 e. The second-order valence-corrected chi connectivity index (χ2v) is 13.3. The number of pyridine rings is 1. The summed E-state index contributed by atoms with van der Waals surface area (Å²) >= 11 is 6.51. The second kappa shape index (κ2) is 12.2. The number of carbonyl (C=O) groups excluding carboxylic acids is 1. The van der Waals surface area contributed by atoms with E-state index in [0.29, 0.717) is 25.7 Å². The average molecular weight is 615 g/mol. The van der Waals surface area contributed by atoms with E-state index in [0.717, 1.165) is 26.1 Å². The minimum atomic E-state index is -4.56. The Labute approximate surface area is 234 Å². The predicted molar refractivity (Wildman–Crippen MR) is 139 cm³/mol. The van der Waals surface area contributed by atoms with Gasteiger partial charge in [0.05, 0.1) is 26.9 Å². The molecule has 15 heteroatoms. The van der Waals surface area contributed by atoms with Crippen molar-refractivity contribution in [1.82, 2.24) is 20.1 Å². The zero-order chi connectivity index (χ0) is 30.0. The highest BCUT2D eigenvalue weighted by atomic mass is 35.5. The van der Waals surface area contributed by atoms with E-state index < -0.39 is 46.1 Å². The van der Waals surface area contributed by atoms with Gasteiger partial charge in [-0.25, -0.2) is 8.42 Å². The first kappa shape index (κ1) is 32.0. The molecule has 0 spiro atoms. The fourth-order valence-electron chi connectivity index (χ4n) is 4.65. The van der Waals surface area contributed by atoms with Crippen molar-refractivity contribution in [1.29, 1.82) is 0 Å². The van der Waals surface area contributed by atoms with E-state index in [9.17, 15) is 35.2 Å². The van der Waals surface area contributed by atoms with E-state index in [2.05, 4.69) is 20.1 Å². The number of hydrogen-bond donors (Lipinski definition) is 1. The van der Waals surface area contributed by atoms with Crippen LogP contribution in [-0.2, 0) is 22.8 Å². The van der Waals surface area contributed by atoms with Crippen LogP contribution in [0.4, 0.5) is 22.0 Å². The van der Waals surface area contributed by atoms with Gasteiger partial charge in [-0.3, -0.25) is 14.5 Å². The van der Waals surface area contributed by atoms with E-state index in [4.69, 9.17) is 11.6 Å². The third-order valence-corrected chi connectivity index (χ3v) is 9.18. The zero-order valence-corrected chi connectivity index (χ0v) is 24.1. The van der Waals surface area contributed by atoms with Gasteiger partial charge in [-0.15, -0.1) is 0 Å². The van der Waals surface area contributed by atoms with Gasteiger partial charge in [-0.1, -0.05) is 25.4 Å². The van der Waals surface area contributed by atoms with Crippen molar-refractivity contribution in [2.45, 2.75) is 77.5 Å².